The van der Waals surface area contributed by atoms with Gasteiger partial charge in [0.15, 0.2) is 11.6 Å². The van der Waals surface area contributed by atoms with Crippen LogP contribution in [-0.4, -0.2) is 90.0 Å². The summed E-state index contributed by atoms with van der Waals surface area (Å²) in [6, 6.07) is 10.2. The Bertz CT molecular complexity index is 1550. The minimum atomic E-state index is -0.563. The number of likely N-dealkylation sites (N-methyl/N-ethyl adjacent to an activating group) is 2. The lowest BCUT2D eigenvalue weighted by molar-refractivity contribution is -0.136. The van der Waals surface area contributed by atoms with E-state index >= 15 is 0 Å². The minimum Gasteiger partial charge on any atom is -0.453 e. The summed E-state index contributed by atoms with van der Waals surface area (Å²) in [6.07, 6.45) is 8.22. The van der Waals surface area contributed by atoms with E-state index in [2.05, 4.69) is 37.6 Å². The summed E-state index contributed by atoms with van der Waals surface area (Å²) in [5.41, 5.74) is 3.34. The van der Waals surface area contributed by atoms with Crippen molar-refractivity contribution in [3.63, 3.8) is 0 Å². The molecule has 10 nitrogen and oxygen atoms in total. The van der Waals surface area contributed by atoms with Gasteiger partial charge < -0.3 is 25.2 Å². The van der Waals surface area contributed by atoms with E-state index in [-0.39, 0.29) is 34.9 Å². The summed E-state index contributed by atoms with van der Waals surface area (Å²) in [6.45, 7) is 4.11. The summed E-state index contributed by atoms with van der Waals surface area (Å²) in [7, 11) is 5.95. The molecule has 2 fully saturated rings. The number of benzene rings is 1. The predicted molar refractivity (Wildman–Crippen MR) is 177 cm³/mol. The lowest BCUT2D eigenvalue weighted by Gasteiger charge is -2.34. The Kier molecular flexibility index (Phi) is 10.1. The van der Waals surface area contributed by atoms with Gasteiger partial charge in [-0.05, 0) is 70.1 Å². The third kappa shape index (κ3) is 8.15. The van der Waals surface area contributed by atoms with Crippen LogP contribution in [0.3, 0.4) is 0 Å². The normalized spacial score (nSPS) is 19.5. The molecule has 3 amide bonds. The Morgan fingerprint density at radius 2 is 1.91 bits per heavy atom. The third-order valence-electron chi connectivity index (χ3n) is 8.60. The molecule has 2 aromatic heterocycles. The van der Waals surface area contributed by atoms with Crippen LogP contribution in [0.25, 0.3) is 0 Å². The fourth-order valence-corrected chi connectivity index (χ4v) is 7.14. The molecule has 4 heterocycles. The second-order valence-corrected chi connectivity index (χ2v) is 14.0. The number of carbonyl (C=O) groups excluding carboxylic acids is 2. The van der Waals surface area contributed by atoms with Gasteiger partial charge in [-0.15, -0.1) is 11.8 Å². The number of amides is 3. The molecule has 2 unspecified atom stereocenters. The minimum absolute atomic E-state index is 0.0342. The van der Waals surface area contributed by atoms with Crippen molar-refractivity contribution in [1.82, 2.24) is 30.0 Å². The van der Waals surface area contributed by atoms with E-state index in [1.165, 1.54) is 12.1 Å². The van der Waals surface area contributed by atoms with Gasteiger partial charge in [0.2, 0.25) is 5.91 Å². The average molecular weight is 648 g/mol. The second kappa shape index (κ2) is 14.4. The average Bonchev–Trinajstić information content (AvgIpc) is 3.74. The number of likely N-dealkylation sites (tertiary alicyclic amines) is 1. The molecule has 2 N–H and O–H groups in total. The molecule has 244 valence electrons. The van der Waals surface area contributed by atoms with Crippen molar-refractivity contribution in [3.8, 4) is 11.5 Å². The lowest BCUT2D eigenvalue weighted by atomic mass is 9.96. The van der Waals surface area contributed by atoms with E-state index in [4.69, 9.17) is 9.72 Å². The van der Waals surface area contributed by atoms with Crippen LogP contribution in [-0.2, 0) is 17.8 Å². The molecule has 1 saturated carbocycles. The molecular formula is C34H42FN7O3S. The van der Waals surface area contributed by atoms with Gasteiger partial charge in [0.25, 0.3) is 0 Å². The summed E-state index contributed by atoms with van der Waals surface area (Å²) in [5, 5.41) is 5.56. The van der Waals surface area contributed by atoms with Crippen LogP contribution in [0.5, 0.6) is 11.5 Å². The molecule has 6 rings (SSSR count). The van der Waals surface area contributed by atoms with Crippen molar-refractivity contribution in [2.45, 2.75) is 54.8 Å². The number of aromatic nitrogens is 2. The molecule has 46 heavy (non-hydrogen) atoms. The van der Waals surface area contributed by atoms with Crippen molar-refractivity contribution in [1.29, 1.82) is 0 Å². The number of piperidine rings is 1. The van der Waals surface area contributed by atoms with Gasteiger partial charge in [-0.2, -0.15) is 0 Å². The molecule has 3 aliphatic rings. The number of halogens is 1. The monoisotopic (exact) mass is 647 g/mol. The topological polar surface area (TPSA) is 103 Å². The summed E-state index contributed by atoms with van der Waals surface area (Å²) in [5.74, 6) is 0.329. The Balaban J connectivity index is 1.04. The third-order valence-corrected chi connectivity index (χ3v) is 9.97. The SMILES string of the molecule is CN(C)CCN(C)C(=O)C1CCCN(Cc2ccc(C3Cc4nccc(Oc5ccc(NC(=O)NC6CC6)cc5F)c4S3)nc2)C1. The highest BCUT2D eigenvalue weighted by molar-refractivity contribution is 8.00. The smallest absolute Gasteiger partial charge is 0.319 e. The highest BCUT2D eigenvalue weighted by Gasteiger charge is 2.31. The molecule has 0 spiro atoms. The number of rotatable bonds is 11. The maximum Gasteiger partial charge on any atom is 0.319 e. The molecular weight excluding hydrogens is 605 g/mol. The quantitative estimate of drug-likeness (QED) is 0.289. The highest BCUT2D eigenvalue weighted by Crippen LogP contribution is 2.50. The van der Waals surface area contributed by atoms with Gasteiger partial charge in [-0.1, -0.05) is 6.07 Å². The molecule has 2 atom stereocenters. The molecule has 1 aromatic carbocycles. The van der Waals surface area contributed by atoms with Crippen molar-refractivity contribution >= 4 is 29.4 Å². The first kappa shape index (κ1) is 32.2. The molecule has 0 bridgehead atoms. The van der Waals surface area contributed by atoms with Crippen LogP contribution in [0.15, 0.2) is 53.7 Å². The fraction of sp³-hybridized carbons (Fsp3) is 0.471. The summed E-state index contributed by atoms with van der Waals surface area (Å²) >= 11 is 1.62. The number of nitrogens with zero attached hydrogens (tertiary/aromatic N) is 5. The number of pyridine rings is 2. The molecule has 1 saturated heterocycles. The van der Waals surface area contributed by atoms with E-state index in [0.717, 1.165) is 80.3 Å². The number of anilines is 1. The Morgan fingerprint density at radius 3 is 2.65 bits per heavy atom. The zero-order valence-electron chi connectivity index (χ0n) is 26.7. The van der Waals surface area contributed by atoms with Gasteiger partial charge in [-0.3, -0.25) is 19.7 Å². The maximum absolute atomic E-state index is 15.0. The van der Waals surface area contributed by atoms with Crippen molar-refractivity contribution in [2.75, 3.05) is 52.6 Å². The number of thioether (sulfide) groups is 1. The van der Waals surface area contributed by atoms with Crippen LogP contribution in [0.2, 0.25) is 0 Å². The number of urea groups is 1. The number of hydrogen-bond acceptors (Lipinski definition) is 8. The number of ether oxygens (including phenoxy) is 1. The number of fused-ring (bicyclic) bond motifs is 1. The number of carbonyl (C=O) groups is 2. The van der Waals surface area contributed by atoms with E-state index in [1.54, 1.807) is 30.1 Å². The van der Waals surface area contributed by atoms with Gasteiger partial charge in [0.05, 0.1) is 27.5 Å². The van der Waals surface area contributed by atoms with Gasteiger partial charge in [0, 0.05) is 75.9 Å². The fourth-order valence-electron chi connectivity index (χ4n) is 5.86. The first-order chi connectivity index (χ1) is 22.2. The standard InChI is InChI=1S/C34H42FN7O3S/c1-40(2)15-16-41(3)33(43)23-5-4-14-42(21-23)20-22-6-10-27(37-19-22)31-18-28-32(46-31)30(12-13-36-28)45-29-11-9-25(17-26(29)35)39-34(44)38-24-7-8-24/h6,9-13,17,19,23-24,31H,4-5,7-8,14-16,18,20-21H2,1-3H3,(H2,38,39,44). The second-order valence-electron chi connectivity index (χ2n) is 12.7. The molecule has 12 heteroatoms. The van der Waals surface area contributed by atoms with Gasteiger partial charge in [0.1, 0.15) is 5.75 Å². The van der Waals surface area contributed by atoms with Crippen molar-refractivity contribution in [2.24, 2.45) is 5.92 Å². The first-order valence-corrected chi connectivity index (χ1v) is 16.9. The Hall–Kier alpha value is -3.74. The van der Waals surface area contributed by atoms with Crippen molar-refractivity contribution in [3.05, 3.63) is 71.6 Å². The largest absolute Gasteiger partial charge is 0.453 e. The van der Waals surface area contributed by atoms with Crippen LogP contribution in [0.4, 0.5) is 14.9 Å². The Labute approximate surface area is 274 Å². The summed E-state index contributed by atoms with van der Waals surface area (Å²) in [4.78, 5) is 41.6. The van der Waals surface area contributed by atoms with Crippen molar-refractivity contribution < 1.29 is 18.7 Å². The van der Waals surface area contributed by atoms with Crippen LogP contribution < -0.4 is 15.4 Å². The van der Waals surface area contributed by atoms with E-state index in [0.29, 0.717) is 17.9 Å². The van der Waals surface area contributed by atoms with E-state index in [1.807, 2.05) is 32.2 Å². The van der Waals surface area contributed by atoms with E-state index < -0.39 is 5.82 Å². The predicted octanol–water partition coefficient (Wildman–Crippen LogP) is 5.31. The lowest BCUT2D eigenvalue weighted by Crippen LogP contribution is -2.44. The van der Waals surface area contributed by atoms with E-state index in [9.17, 15) is 14.0 Å². The van der Waals surface area contributed by atoms with Crippen LogP contribution in [0.1, 0.15) is 47.9 Å². The van der Waals surface area contributed by atoms with Crippen LogP contribution in [0, 0.1) is 11.7 Å². The molecule has 3 aromatic rings. The van der Waals surface area contributed by atoms with Gasteiger partial charge >= 0.3 is 6.03 Å². The zero-order chi connectivity index (χ0) is 32.2. The van der Waals surface area contributed by atoms with Crippen LogP contribution >= 0.6 is 11.8 Å². The Morgan fingerprint density at radius 1 is 1.07 bits per heavy atom. The molecule has 0 radical (unpaired) electrons. The molecule has 1 aliphatic carbocycles. The highest BCUT2D eigenvalue weighted by atomic mass is 32.2. The number of hydrogen-bond donors (Lipinski definition) is 2. The number of nitrogens with one attached hydrogen (secondary N) is 2. The summed E-state index contributed by atoms with van der Waals surface area (Å²) < 4.78 is 21.0. The first-order valence-electron chi connectivity index (χ1n) is 16.0. The maximum atomic E-state index is 15.0. The molecule has 2 aliphatic heterocycles. The zero-order valence-corrected chi connectivity index (χ0v) is 27.5. The van der Waals surface area contributed by atoms with Gasteiger partial charge in [-0.25, -0.2) is 9.18 Å².